The van der Waals surface area contributed by atoms with Crippen LogP contribution in [-0.2, 0) is 11.2 Å². The van der Waals surface area contributed by atoms with E-state index in [0.29, 0.717) is 11.8 Å². The number of carbonyl (C=O) groups is 1. The van der Waals surface area contributed by atoms with Crippen LogP contribution in [0.25, 0.3) is 0 Å². The minimum Gasteiger partial charge on any atom is -0.340 e. The summed E-state index contributed by atoms with van der Waals surface area (Å²) in [7, 11) is 0. The first-order valence-electron chi connectivity index (χ1n) is 9.04. The predicted octanol–water partition coefficient (Wildman–Crippen LogP) is 2.42. The van der Waals surface area contributed by atoms with Crippen LogP contribution < -0.4 is 0 Å². The van der Waals surface area contributed by atoms with E-state index in [9.17, 15) is 4.79 Å². The molecule has 2 fully saturated rings. The van der Waals surface area contributed by atoms with Crippen LogP contribution in [0.3, 0.4) is 0 Å². The molecule has 1 aromatic rings. The SMILES string of the molecule is CCc1noc(C(C)N2CCN(C(=O)C3CCCCC3)CC2)n1. The molecule has 1 amide bonds. The lowest BCUT2D eigenvalue weighted by Crippen LogP contribution is -2.51. The average molecular weight is 320 g/mol. The predicted molar refractivity (Wildman–Crippen MR) is 86.8 cm³/mol. The molecule has 1 atom stereocenters. The molecule has 0 bridgehead atoms. The molecule has 1 aromatic heterocycles. The Hall–Kier alpha value is -1.43. The summed E-state index contributed by atoms with van der Waals surface area (Å²) in [6.07, 6.45) is 6.67. The summed E-state index contributed by atoms with van der Waals surface area (Å²) in [6, 6.07) is 0.120. The van der Waals surface area contributed by atoms with Gasteiger partial charge in [-0.15, -0.1) is 0 Å². The quantitative estimate of drug-likeness (QED) is 0.852. The van der Waals surface area contributed by atoms with E-state index in [4.69, 9.17) is 4.52 Å². The Labute approximate surface area is 138 Å². The topological polar surface area (TPSA) is 62.5 Å². The van der Waals surface area contributed by atoms with Gasteiger partial charge in [0.2, 0.25) is 11.8 Å². The van der Waals surface area contributed by atoms with Gasteiger partial charge in [0.25, 0.3) is 0 Å². The Balaban J connectivity index is 1.52. The van der Waals surface area contributed by atoms with E-state index >= 15 is 0 Å². The number of nitrogens with zero attached hydrogens (tertiary/aromatic N) is 4. The zero-order valence-corrected chi connectivity index (χ0v) is 14.3. The van der Waals surface area contributed by atoms with E-state index in [1.807, 2.05) is 6.92 Å². The Bertz CT molecular complexity index is 516. The number of aromatic nitrogens is 2. The van der Waals surface area contributed by atoms with Gasteiger partial charge in [-0.25, -0.2) is 0 Å². The monoisotopic (exact) mass is 320 g/mol. The Kier molecular flexibility index (Phi) is 5.30. The van der Waals surface area contributed by atoms with Gasteiger partial charge in [0.05, 0.1) is 6.04 Å². The van der Waals surface area contributed by atoms with E-state index in [1.54, 1.807) is 0 Å². The first kappa shape index (κ1) is 16.4. The summed E-state index contributed by atoms with van der Waals surface area (Å²) in [6.45, 7) is 7.51. The largest absolute Gasteiger partial charge is 0.340 e. The van der Waals surface area contributed by atoms with Crippen molar-refractivity contribution in [3.63, 3.8) is 0 Å². The van der Waals surface area contributed by atoms with Crippen LogP contribution in [0.15, 0.2) is 4.52 Å². The molecule has 1 saturated carbocycles. The van der Waals surface area contributed by atoms with Gasteiger partial charge >= 0.3 is 0 Å². The normalized spacial score (nSPS) is 22.3. The molecule has 1 unspecified atom stereocenters. The average Bonchev–Trinajstić information content (AvgIpc) is 3.10. The molecule has 2 heterocycles. The van der Waals surface area contributed by atoms with Crippen molar-refractivity contribution in [2.24, 2.45) is 5.92 Å². The lowest BCUT2D eigenvalue weighted by Gasteiger charge is -2.38. The lowest BCUT2D eigenvalue weighted by atomic mass is 9.88. The summed E-state index contributed by atoms with van der Waals surface area (Å²) >= 11 is 0. The molecule has 0 spiro atoms. The fourth-order valence-electron chi connectivity index (χ4n) is 3.67. The molecule has 23 heavy (non-hydrogen) atoms. The number of piperazine rings is 1. The van der Waals surface area contributed by atoms with Crippen molar-refractivity contribution in [2.75, 3.05) is 26.2 Å². The molecule has 1 saturated heterocycles. The van der Waals surface area contributed by atoms with Crippen molar-refractivity contribution in [2.45, 2.75) is 58.4 Å². The van der Waals surface area contributed by atoms with E-state index in [-0.39, 0.29) is 12.0 Å². The summed E-state index contributed by atoms with van der Waals surface area (Å²) in [4.78, 5) is 21.4. The van der Waals surface area contributed by atoms with Crippen molar-refractivity contribution in [3.8, 4) is 0 Å². The van der Waals surface area contributed by atoms with E-state index < -0.39 is 0 Å². The Morgan fingerprint density at radius 3 is 2.52 bits per heavy atom. The summed E-state index contributed by atoms with van der Waals surface area (Å²) < 4.78 is 5.36. The third-order valence-corrected chi connectivity index (χ3v) is 5.29. The first-order chi connectivity index (χ1) is 11.2. The molecule has 0 radical (unpaired) electrons. The number of amides is 1. The number of carbonyl (C=O) groups excluding carboxylic acids is 1. The third kappa shape index (κ3) is 3.74. The summed E-state index contributed by atoms with van der Waals surface area (Å²) in [5, 5.41) is 3.98. The highest BCUT2D eigenvalue weighted by molar-refractivity contribution is 5.79. The van der Waals surface area contributed by atoms with Crippen LogP contribution in [0.1, 0.15) is 63.7 Å². The number of hydrogen-bond donors (Lipinski definition) is 0. The Morgan fingerprint density at radius 1 is 1.22 bits per heavy atom. The van der Waals surface area contributed by atoms with Crippen LogP contribution in [0.5, 0.6) is 0 Å². The molecule has 6 heteroatoms. The summed E-state index contributed by atoms with van der Waals surface area (Å²) in [5.41, 5.74) is 0. The minimum atomic E-state index is 0.120. The van der Waals surface area contributed by atoms with Crippen LogP contribution >= 0.6 is 0 Å². The van der Waals surface area contributed by atoms with Crippen molar-refractivity contribution >= 4 is 5.91 Å². The fourth-order valence-corrected chi connectivity index (χ4v) is 3.67. The van der Waals surface area contributed by atoms with Gasteiger partial charge < -0.3 is 9.42 Å². The standard InChI is InChI=1S/C17H28N4O2/c1-3-15-18-16(23-19-15)13(2)20-9-11-21(12-10-20)17(22)14-7-5-4-6-8-14/h13-14H,3-12H2,1-2H3. The van der Waals surface area contributed by atoms with Crippen LogP contribution in [0, 0.1) is 5.92 Å². The molecule has 0 aromatic carbocycles. The fraction of sp³-hybridized carbons (Fsp3) is 0.824. The molecule has 0 N–H and O–H groups in total. The maximum Gasteiger partial charge on any atom is 0.243 e. The second kappa shape index (κ2) is 7.43. The molecule has 2 aliphatic rings. The zero-order chi connectivity index (χ0) is 16.2. The maximum absolute atomic E-state index is 12.6. The van der Waals surface area contributed by atoms with Crippen molar-refractivity contribution < 1.29 is 9.32 Å². The van der Waals surface area contributed by atoms with Crippen molar-refractivity contribution in [1.29, 1.82) is 0 Å². The van der Waals surface area contributed by atoms with Gasteiger partial charge in [-0.3, -0.25) is 9.69 Å². The number of hydrogen-bond acceptors (Lipinski definition) is 5. The number of rotatable bonds is 4. The van der Waals surface area contributed by atoms with Crippen LogP contribution in [0.4, 0.5) is 0 Å². The van der Waals surface area contributed by atoms with E-state index in [2.05, 4.69) is 26.9 Å². The van der Waals surface area contributed by atoms with Gasteiger partial charge in [-0.2, -0.15) is 4.98 Å². The molecule has 128 valence electrons. The van der Waals surface area contributed by atoms with Gasteiger partial charge in [-0.1, -0.05) is 31.3 Å². The highest BCUT2D eigenvalue weighted by Gasteiger charge is 2.31. The smallest absolute Gasteiger partial charge is 0.243 e. The van der Waals surface area contributed by atoms with Crippen LogP contribution in [0.2, 0.25) is 0 Å². The van der Waals surface area contributed by atoms with Gasteiger partial charge in [0.15, 0.2) is 5.82 Å². The minimum absolute atomic E-state index is 0.120. The molecule has 3 rings (SSSR count). The zero-order valence-electron chi connectivity index (χ0n) is 14.3. The highest BCUT2D eigenvalue weighted by atomic mass is 16.5. The molecular weight excluding hydrogens is 292 g/mol. The molecular formula is C17H28N4O2. The molecule has 1 aliphatic carbocycles. The Morgan fingerprint density at radius 2 is 1.91 bits per heavy atom. The second-order valence-corrected chi connectivity index (χ2v) is 6.77. The summed E-state index contributed by atoms with van der Waals surface area (Å²) in [5.74, 6) is 2.10. The van der Waals surface area contributed by atoms with E-state index in [1.165, 1.54) is 19.3 Å². The third-order valence-electron chi connectivity index (χ3n) is 5.29. The first-order valence-corrected chi connectivity index (χ1v) is 9.04. The van der Waals surface area contributed by atoms with Gasteiger partial charge in [0, 0.05) is 38.5 Å². The van der Waals surface area contributed by atoms with Gasteiger partial charge in [0.1, 0.15) is 0 Å². The highest BCUT2D eigenvalue weighted by Crippen LogP contribution is 2.27. The maximum atomic E-state index is 12.6. The number of aryl methyl sites for hydroxylation is 1. The van der Waals surface area contributed by atoms with E-state index in [0.717, 1.165) is 51.3 Å². The van der Waals surface area contributed by atoms with Crippen molar-refractivity contribution in [3.05, 3.63) is 11.7 Å². The van der Waals surface area contributed by atoms with Crippen LogP contribution in [-0.4, -0.2) is 52.0 Å². The molecule has 1 aliphatic heterocycles. The van der Waals surface area contributed by atoms with Gasteiger partial charge in [-0.05, 0) is 19.8 Å². The van der Waals surface area contributed by atoms with Crippen molar-refractivity contribution in [1.82, 2.24) is 19.9 Å². The lowest BCUT2D eigenvalue weighted by molar-refractivity contribution is -0.138. The molecule has 6 nitrogen and oxygen atoms in total. The second-order valence-electron chi connectivity index (χ2n) is 6.77.